The van der Waals surface area contributed by atoms with E-state index in [4.69, 9.17) is 0 Å². The van der Waals surface area contributed by atoms with Gasteiger partial charge in [-0.3, -0.25) is 0 Å². The molecule has 1 rings (SSSR count). The summed E-state index contributed by atoms with van der Waals surface area (Å²) in [5, 5.41) is 0. The molecule has 0 fully saturated rings. The standard InChI is InChI=1S/C7H8BrNOS/c1-9-11(10)7-5-3-2-4-6(7)8/h2-5,9H,1H3. The summed E-state index contributed by atoms with van der Waals surface area (Å²) in [5.74, 6) is 0. The fraction of sp³-hybridized carbons (Fsp3) is 0.143. The summed E-state index contributed by atoms with van der Waals surface area (Å²) in [6.07, 6.45) is 0. The van der Waals surface area contributed by atoms with Gasteiger partial charge in [-0.05, 0) is 28.1 Å². The van der Waals surface area contributed by atoms with Gasteiger partial charge in [0.1, 0.15) is 0 Å². The molecule has 0 aliphatic heterocycles. The number of hydrogen-bond acceptors (Lipinski definition) is 2. The molecule has 0 aliphatic rings. The molecule has 0 heterocycles. The average Bonchev–Trinajstić information content (AvgIpc) is 2.04. The van der Waals surface area contributed by atoms with Crippen LogP contribution in [0.2, 0.25) is 0 Å². The lowest BCUT2D eigenvalue weighted by Crippen LogP contribution is -2.18. The first kappa shape index (κ1) is 9.06. The molecule has 0 spiro atoms. The maximum absolute atomic E-state index is 11.2. The lowest BCUT2D eigenvalue weighted by molar-refractivity contribution is 0.587. The van der Waals surface area contributed by atoms with Crippen LogP contribution in [0, 0.1) is 0 Å². The van der Waals surface area contributed by atoms with Crippen molar-refractivity contribution in [1.82, 2.24) is 4.72 Å². The van der Waals surface area contributed by atoms with Gasteiger partial charge >= 0.3 is 0 Å². The number of nitrogens with one attached hydrogen (secondary N) is 1. The molecular formula is C7H8BrNOS. The van der Waals surface area contributed by atoms with Crippen LogP contribution in [0.3, 0.4) is 0 Å². The van der Waals surface area contributed by atoms with Crippen LogP contribution < -0.4 is 4.72 Å². The second-order valence-electron chi connectivity index (χ2n) is 1.90. The Balaban J connectivity index is 2.93. The molecule has 60 valence electrons. The summed E-state index contributed by atoms with van der Waals surface area (Å²) in [5.41, 5.74) is 0. The first-order chi connectivity index (χ1) is 5.25. The van der Waals surface area contributed by atoms with E-state index in [0.29, 0.717) is 0 Å². The molecule has 1 aromatic carbocycles. The van der Waals surface area contributed by atoms with E-state index >= 15 is 0 Å². The summed E-state index contributed by atoms with van der Waals surface area (Å²) in [7, 11) is 1.66. The smallest absolute Gasteiger partial charge is 0.188 e. The summed E-state index contributed by atoms with van der Waals surface area (Å²) in [6.45, 7) is 0. The van der Waals surface area contributed by atoms with E-state index in [-0.39, 0.29) is 0 Å². The first-order valence-corrected chi connectivity index (χ1v) is 5.03. The van der Waals surface area contributed by atoms with Gasteiger partial charge in [-0.2, -0.15) is 0 Å². The molecule has 1 aromatic rings. The maximum atomic E-state index is 11.2. The van der Waals surface area contributed by atoms with Crippen molar-refractivity contribution >= 4 is 27.3 Å². The van der Waals surface area contributed by atoms with Crippen molar-refractivity contribution in [2.24, 2.45) is 0 Å². The lowest BCUT2D eigenvalue weighted by atomic mass is 10.4. The quantitative estimate of drug-likeness (QED) is 0.790. The van der Waals surface area contributed by atoms with Crippen molar-refractivity contribution in [1.29, 1.82) is 0 Å². The minimum absolute atomic E-state index is 0.773. The third-order valence-electron chi connectivity index (χ3n) is 1.22. The zero-order valence-corrected chi connectivity index (χ0v) is 8.41. The van der Waals surface area contributed by atoms with E-state index in [1.807, 2.05) is 24.3 Å². The van der Waals surface area contributed by atoms with Crippen LogP contribution in [0.4, 0.5) is 0 Å². The molecule has 1 N–H and O–H groups in total. The zero-order chi connectivity index (χ0) is 8.27. The second kappa shape index (κ2) is 4.11. The van der Waals surface area contributed by atoms with Crippen LogP contribution in [-0.4, -0.2) is 11.6 Å². The first-order valence-electron chi connectivity index (χ1n) is 3.09. The fourth-order valence-corrected chi connectivity index (χ4v) is 2.10. The number of rotatable bonds is 2. The highest BCUT2D eigenvalue weighted by atomic mass is 79.9. The molecule has 0 aromatic heterocycles. The van der Waals surface area contributed by atoms with Crippen LogP contribution in [0.25, 0.3) is 0 Å². The summed E-state index contributed by atoms with van der Waals surface area (Å²) < 4.78 is 14.7. The Bertz CT molecular complexity index is 244. The van der Waals surface area contributed by atoms with Crippen LogP contribution in [0.15, 0.2) is 33.6 Å². The topological polar surface area (TPSA) is 35.1 Å². The Kier molecular flexibility index (Phi) is 3.39. The molecule has 0 bridgehead atoms. The van der Waals surface area contributed by atoms with E-state index in [0.717, 1.165) is 9.37 Å². The molecule has 1 atom stereocenters. The van der Waals surface area contributed by atoms with Gasteiger partial charge in [-0.15, -0.1) is 4.72 Å². The van der Waals surface area contributed by atoms with Gasteiger partial charge in [0.2, 0.25) is 0 Å². The molecule has 2 nitrogen and oxygen atoms in total. The van der Waals surface area contributed by atoms with Crippen LogP contribution in [0.1, 0.15) is 0 Å². The van der Waals surface area contributed by atoms with Gasteiger partial charge in [-0.1, -0.05) is 12.1 Å². The normalized spacial score (nSPS) is 13.0. The highest BCUT2D eigenvalue weighted by molar-refractivity contribution is 9.10. The Morgan fingerprint density at radius 1 is 1.45 bits per heavy atom. The van der Waals surface area contributed by atoms with Crippen molar-refractivity contribution in [3.05, 3.63) is 28.7 Å². The molecule has 0 saturated heterocycles. The summed E-state index contributed by atoms with van der Waals surface area (Å²) >= 11 is 2.21. The Morgan fingerprint density at radius 2 is 2.09 bits per heavy atom. The molecule has 0 aliphatic carbocycles. The molecule has 4 heteroatoms. The van der Waals surface area contributed by atoms with Gasteiger partial charge in [0.15, 0.2) is 4.90 Å². The Morgan fingerprint density at radius 3 is 2.64 bits per heavy atom. The average molecular weight is 234 g/mol. The number of benzene rings is 1. The molecule has 1 unspecified atom stereocenters. The fourth-order valence-electron chi connectivity index (χ4n) is 0.705. The Hall–Kier alpha value is -0.0300. The second-order valence-corrected chi connectivity index (χ2v) is 4.14. The zero-order valence-electron chi connectivity index (χ0n) is 6.00. The molecule has 11 heavy (non-hydrogen) atoms. The van der Waals surface area contributed by atoms with Crippen molar-refractivity contribution in [2.45, 2.75) is 4.90 Å². The van der Waals surface area contributed by atoms with Crippen LogP contribution >= 0.6 is 15.9 Å². The minimum atomic E-state index is -1.10. The SMILES string of the molecule is CN[S+]([O-])c1ccccc1Br. The molecule has 0 radical (unpaired) electrons. The van der Waals surface area contributed by atoms with E-state index < -0.39 is 11.4 Å². The molecular weight excluding hydrogens is 226 g/mol. The van der Waals surface area contributed by atoms with E-state index in [9.17, 15) is 4.55 Å². The largest absolute Gasteiger partial charge is 0.593 e. The monoisotopic (exact) mass is 233 g/mol. The van der Waals surface area contributed by atoms with Crippen molar-refractivity contribution < 1.29 is 4.55 Å². The van der Waals surface area contributed by atoms with Crippen LogP contribution in [0.5, 0.6) is 0 Å². The van der Waals surface area contributed by atoms with E-state index in [1.165, 1.54) is 0 Å². The van der Waals surface area contributed by atoms with Crippen molar-refractivity contribution in [3.63, 3.8) is 0 Å². The molecule has 0 saturated carbocycles. The number of hydrogen-bond donors (Lipinski definition) is 1. The maximum Gasteiger partial charge on any atom is 0.188 e. The predicted molar refractivity (Wildman–Crippen MR) is 49.6 cm³/mol. The highest BCUT2D eigenvalue weighted by Gasteiger charge is 2.11. The number of halogens is 1. The van der Waals surface area contributed by atoms with Crippen LogP contribution in [-0.2, 0) is 11.4 Å². The van der Waals surface area contributed by atoms with E-state index in [1.54, 1.807) is 7.05 Å². The van der Waals surface area contributed by atoms with Gasteiger partial charge in [0.25, 0.3) is 0 Å². The highest BCUT2D eigenvalue weighted by Crippen LogP contribution is 2.20. The van der Waals surface area contributed by atoms with Gasteiger partial charge in [0.05, 0.1) is 15.8 Å². The van der Waals surface area contributed by atoms with Gasteiger partial charge in [-0.25, -0.2) is 0 Å². The summed E-state index contributed by atoms with van der Waals surface area (Å²) in [6, 6.07) is 7.43. The van der Waals surface area contributed by atoms with Crippen molar-refractivity contribution in [3.8, 4) is 0 Å². The Labute approximate surface area is 77.4 Å². The molecule has 0 amide bonds. The van der Waals surface area contributed by atoms with Gasteiger partial charge in [0, 0.05) is 7.05 Å². The lowest BCUT2D eigenvalue weighted by Gasteiger charge is -2.07. The summed E-state index contributed by atoms with van der Waals surface area (Å²) in [4.78, 5) is 0.773. The van der Waals surface area contributed by atoms with E-state index in [2.05, 4.69) is 20.7 Å². The predicted octanol–water partition coefficient (Wildman–Crippen LogP) is 1.69. The third kappa shape index (κ3) is 2.20. The third-order valence-corrected chi connectivity index (χ3v) is 3.30. The van der Waals surface area contributed by atoms with Crippen molar-refractivity contribution in [2.75, 3.05) is 7.05 Å². The van der Waals surface area contributed by atoms with Gasteiger partial charge < -0.3 is 4.55 Å². The minimum Gasteiger partial charge on any atom is -0.593 e.